The van der Waals surface area contributed by atoms with Gasteiger partial charge < -0.3 is 10.1 Å². The molecule has 1 heterocycles. The summed E-state index contributed by atoms with van der Waals surface area (Å²) in [4.78, 5) is 27.8. The molecule has 142 valence electrons. The van der Waals surface area contributed by atoms with Gasteiger partial charge in [-0.05, 0) is 49.7 Å². The number of pyridine rings is 1. The summed E-state index contributed by atoms with van der Waals surface area (Å²) in [5, 5.41) is 2.68. The highest BCUT2D eigenvalue weighted by Crippen LogP contribution is 2.22. The third-order valence-corrected chi connectivity index (χ3v) is 4.18. The molecule has 0 spiro atoms. The molecule has 0 aliphatic rings. The number of carbonyl (C=O) groups is 2. The van der Waals surface area contributed by atoms with Crippen molar-refractivity contribution in [3.05, 3.63) is 89.5 Å². The van der Waals surface area contributed by atoms with Gasteiger partial charge in [0.05, 0.1) is 11.8 Å². The lowest BCUT2D eigenvalue weighted by atomic mass is 10.1. The number of Topliss-reactive ketones (excluding diaryl/α,β-unsaturated/α-hetero) is 1. The van der Waals surface area contributed by atoms with Crippen molar-refractivity contribution >= 4 is 17.4 Å². The van der Waals surface area contributed by atoms with Gasteiger partial charge in [-0.25, -0.2) is 4.39 Å². The van der Waals surface area contributed by atoms with Gasteiger partial charge in [0, 0.05) is 17.4 Å². The van der Waals surface area contributed by atoms with E-state index in [0.717, 1.165) is 5.56 Å². The lowest BCUT2D eigenvalue weighted by Crippen LogP contribution is -2.12. The molecule has 28 heavy (non-hydrogen) atoms. The first-order valence-electron chi connectivity index (χ1n) is 8.72. The van der Waals surface area contributed by atoms with E-state index in [1.54, 1.807) is 18.2 Å². The number of benzene rings is 2. The first kappa shape index (κ1) is 19.2. The van der Waals surface area contributed by atoms with Crippen molar-refractivity contribution in [2.75, 3.05) is 5.32 Å². The van der Waals surface area contributed by atoms with Crippen molar-refractivity contribution in [1.82, 2.24) is 4.98 Å². The Labute approximate surface area is 162 Å². The SMILES string of the molecule is CC(=O)c1ccc(C(C)Oc2cncc(C(=O)Nc3ccc(F)cc3)c2)cc1. The summed E-state index contributed by atoms with van der Waals surface area (Å²) in [6, 6.07) is 14.3. The molecule has 1 amide bonds. The van der Waals surface area contributed by atoms with Crippen LogP contribution in [0.2, 0.25) is 0 Å². The molecule has 0 radical (unpaired) electrons. The lowest BCUT2D eigenvalue weighted by molar-refractivity contribution is 0.101. The molecule has 1 aromatic heterocycles. The average Bonchev–Trinajstić information content (AvgIpc) is 2.70. The van der Waals surface area contributed by atoms with Crippen LogP contribution in [0.3, 0.4) is 0 Å². The second-order valence-corrected chi connectivity index (χ2v) is 6.31. The van der Waals surface area contributed by atoms with Gasteiger partial charge in [0.1, 0.15) is 17.7 Å². The smallest absolute Gasteiger partial charge is 0.257 e. The minimum Gasteiger partial charge on any atom is -0.484 e. The zero-order valence-corrected chi connectivity index (χ0v) is 15.5. The first-order valence-corrected chi connectivity index (χ1v) is 8.72. The monoisotopic (exact) mass is 378 g/mol. The fourth-order valence-electron chi connectivity index (χ4n) is 2.60. The maximum absolute atomic E-state index is 13.0. The molecule has 0 aliphatic heterocycles. The Morgan fingerprint density at radius 1 is 1.00 bits per heavy atom. The van der Waals surface area contributed by atoms with E-state index >= 15 is 0 Å². The molecule has 1 N–H and O–H groups in total. The van der Waals surface area contributed by atoms with Gasteiger partial charge in [-0.3, -0.25) is 14.6 Å². The van der Waals surface area contributed by atoms with Crippen molar-refractivity contribution in [3.63, 3.8) is 0 Å². The Bertz CT molecular complexity index is 985. The molecule has 0 saturated carbocycles. The van der Waals surface area contributed by atoms with Crippen LogP contribution in [-0.4, -0.2) is 16.7 Å². The van der Waals surface area contributed by atoms with Gasteiger partial charge in [0.15, 0.2) is 5.78 Å². The molecular weight excluding hydrogens is 359 g/mol. The van der Waals surface area contributed by atoms with Crippen LogP contribution in [0, 0.1) is 5.82 Å². The average molecular weight is 378 g/mol. The lowest BCUT2D eigenvalue weighted by Gasteiger charge is -2.15. The molecule has 0 saturated heterocycles. The van der Waals surface area contributed by atoms with E-state index in [1.165, 1.54) is 43.6 Å². The number of halogens is 1. The van der Waals surface area contributed by atoms with E-state index in [2.05, 4.69) is 10.3 Å². The largest absolute Gasteiger partial charge is 0.484 e. The number of ketones is 1. The fraction of sp³-hybridized carbons (Fsp3) is 0.136. The van der Waals surface area contributed by atoms with Crippen LogP contribution in [-0.2, 0) is 0 Å². The molecular formula is C22H19FN2O3. The van der Waals surface area contributed by atoms with Crippen molar-refractivity contribution in [2.45, 2.75) is 20.0 Å². The summed E-state index contributed by atoms with van der Waals surface area (Å²) < 4.78 is 18.8. The van der Waals surface area contributed by atoms with Gasteiger partial charge in [-0.15, -0.1) is 0 Å². The first-order chi connectivity index (χ1) is 13.4. The van der Waals surface area contributed by atoms with Gasteiger partial charge >= 0.3 is 0 Å². The normalized spacial score (nSPS) is 11.5. The molecule has 6 heteroatoms. The fourth-order valence-corrected chi connectivity index (χ4v) is 2.60. The third kappa shape index (κ3) is 4.79. The number of nitrogens with zero attached hydrogens (tertiary/aromatic N) is 1. The van der Waals surface area contributed by atoms with Gasteiger partial charge in [-0.1, -0.05) is 24.3 Å². The van der Waals surface area contributed by atoms with Crippen molar-refractivity contribution < 1.29 is 18.7 Å². The second-order valence-electron chi connectivity index (χ2n) is 6.31. The molecule has 2 aromatic carbocycles. The number of amides is 1. The van der Waals surface area contributed by atoms with Crippen LogP contribution in [0.15, 0.2) is 67.0 Å². The summed E-state index contributed by atoms with van der Waals surface area (Å²) in [6.45, 7) is 3.39. The Balaban J connectivity index is 1.69. The summed E-state index contributed by atoms with van der Waals surface area (Å²) in [5.74, 6) is -0.303. The van der Waals surface area contributed by atoms with E-state index in [0.29, 0.717) is 22.6 Å². The summed E-state index contributed by atoms with van der Waals surface area (Å²) in [7, 11) is 0. The van der Waals surface area contributed by atoms with Gasteiger partial charge in [0.2, 0.25) is 0 Å². The Hall–Kier alpha value is -3.54. The standard InChI is InChI=1S/C22H19FN2O3/c1-14(26)16-3-5-17(6-4-16)15(2)28-21-11-18(12-24-13-21)22(27)25-20-9-7-19(23)8-10-20/h3-13,15H,1-2H3,(H,25,27). The zero-order chi connectivity index (χ0) is 20.1. The Kier molecular flexibility index (Phi) is 5.79. The van der Waals surface area contributed by atoms with Crippen LogP contribution < -0.4 is 10.1 Å². The molecule has 0 fully saturated rings. The molecule has 3 aromatic rings. The highest BCUT2D eigenvalue weighted by Gasteiger charge is 2.12. The van der Waals surface area contributed by atoms with Crippen LogP contribution in [0.5, 0.6) is 5.75 Å². The van der Waals surface area contributed by atoms with Crippen molar-refractivity contribution in [3.8, 4) is 5.75 Å². The van der Waals surface area contributed by atoms with Crippen LogP contribution >= 0.6 is 0 Å². The highest BCUT2D eigenvalue weighted by molar-refractivity contribution is 6.04. The number of rotatable bonds is 6. The van der Waals surface area contributed by atoms with E-state index in [9.17, 15) is 14.0 Å². The van der Waals surface area contributed by atoms with E-state index in [4.69, 9.17) is 4.74 Å². The minimum atomic E-state index is -0.375. The van der Waals surface area contributed by atoms with Crippen LogP contribution in [0.4, 0.5) is 10.1 Å². The molecule has 5 nitrogen and oxygen atoms in total. The van der Waals surface area contributed by atoms with Crippen LogP contribution in [0.1, 0.15) is 46.2 Å². The van der Waals surface area contributed by atoms with E-state index in [-0.39, 0.29) is 23.6 Å². The third-order valence-electron chi connectivity index (χ3n) is 4.18. The zero-order valence-electron chi connectivity index (χ0n) is 15.5. The summed E-state index contributed by atoms with van der Waals surface area (Å²) >= 11 is 0. The van der Waals surface area contributed by atoms with E-state index in [1.807, 2.05) is 19.1 Å². The molecule has 0 aliphatic carbocycles. The van der Waals surface area contributed by atoms with Gasteiger partial charge in [0.25, 0.3) is 5.91 Å². The quantitative estimate of drug-likeness (QED) is 0.625. The maximum Gasteiger partial charge on any atom is 0.257 e. The molecule has 1 unspecified atom stereocenters. The number of hydrogen-bond acceptors (Lipinski definition) is 4. The number of ether oxygens (including phenoxy) is 1. The van der Waals surface area contributed by atoms with Crippen molar-refractivity contribution in [2.24, 2.45) is 0 Å². The topological polar surface area (TPSA) is 68.3 Å². The number of hydrogen-bond donors (Lipinski definition) is 1. The number of nitrogens with one attached hydrogen (secondary N) is 1. The van der Waals surface area contributed by atoms with Gasteiger partial charge in [-0.2, -0.15) is 0 Å². The molecule has 1 atom stereocenters. The summed E-state index contributed by atoms with van der Waals surface area (Å²) in [6.07, 6.45) is 2.66. The maximum atomic E-state index is 13.0. The highest BCUT2D eigenvalue weighted by atomic mass is 19.1. The molecule has 0 bridgehead atoms. The number of anilines is 1. The van der Waals surface area contributed by atoms with Crippen LogP contribution in [0.25, 0.3) is 0 Å². The Morgan fingerprint density at radius 2 is 1.68 bits per heavy atom. The predicted molar refractivity (Wildman–Crippen MR) is 104 cm³/mol. The van der Waals surface area contributed by atoms with Crippen molar-refractivity contribution in [1.29, 1.82) is 0 Å². The number of aromatic nitrogens is 1. The Morgan fingerprint density at radius 3 is 2.32 bits per heavy atom. The minimum absolute atomic E-state index is 0.00388. The molecule has 3 rings (SSSR count). The van der Waals surface area contributed by atoms with E-state index < -0.39 is 0 Å². The number of carbonyl (C=O) groups excluding carboxylic acids is 2. The summed E-state index contributed by atoms with van der Waals surface area (Å²) in [5.41, 5.74) is 2.33. The predicted octanol–water partition coefficient (Wildman–Crippen LogP) is 4.82. The second kappa shape index (κ2) is 8.43.